The molecule has 0 heterocycles. The van der Waals surface area contributed by atoms with E-state index in [2.05, 4.69) is 0 Å². The van der Waals surface area contributed by atoms with Crippen LogP contribution in [0.5, 0.6) is 0 Å². The van der Waals surface area contributed by atoms with Crippen LogP contribution in [0.2, 0.25) is 0 Å². The zero-order chi connectivity index (χ0) is 11.0. The highest BCUT2D eigenvalue weighted by molar-refractivity contribution is 5.70. The standard InChI is InChI=1S/C11H22O3/c1-4-6-10(11(12)13)9(3)8-14-7-5-2/h9-10H,4-8H2,1-3H3,(H,12,13). The molecule has 0 aliphatic heterocycles. The second-order valence-corrected chi connectivity index (χ2v) is 3.79. The van der Waals surface area contributed by atoms with E-state index in [4.69, 9.17) is 9.84 Å². The maximum atomic E-state index is 10.9. The molecule has 3 heteroatoms. The highest BCUT2D eigenvalue weighted by atomic mass is 16.5. The number of carbonyl (C=O) groups is 1. The molecule has 2 atom stereocenters. The molecule has 0 aromatic carbocycles. The van der Waals surface area contributed by atoms with Crippen LogP contribution in [0.25, 0.3) is 0 Å². The van der Waals surface area contributed by atoms with E-state index >= 15 is 0 Å². The first-order chi connectivity index (χ1) is 6.63. The van der Waals surface area contributed by atoms with Crippen molar-refractivity contribution in [3.05, 3.63) is 0 Å². The minimum atomic E-state index is -0.695. The fourth-order valence-electron chi connectivity index (χ4n) is 1.49. The molecule has 0 fully saturated rings. The summed E-state index contributed by atoms with van der Waals surface area (Å²) in [5.41, 5.74) is 0. The van der Waals surface area contributed by atoms with Gasteiger partial charge in [0.05, 0.1) is 5.92 Å². The summed E-state index contributed by atoms with van der Waals surface area (Å²) in [7, 11) is 0. The molecule has 14 heavy (non-hydrogen) atoms. The molecule has 0 aliphatic rings. The van der Waals surface area contributed by atoms with E-state index in [0.29, 0.717) is 6.61 Å². The van der Waals surface area contributed by atoms with Crippen LogP contribution in [-0.4, -0.2) is 24.3 Å². The molecule has 0 spiro atoms. The predicted octanol–water partition coefficient (Wildman–Crippen LogP) is 2.55. The Labute approximate surface area is 86.5 Å². The van der Waals surface area contributed by atoms with Gasteiger partial charge >= 0.3 is 5.97 Å². The molecule has 0 amide bonds. The SMILES string of the molecule is CCCOCC(C)C(CCC)C(=O)O. The van der Waals surface area contributed by atoms with Gasteiger partial charge in [-0.05, 0) is 18.8 Å². The van der Waals surface area contributed by atoms with E-state index in [1.807, 2.05) is 20.8 Å². The Morgan fingerprint density at radius 3 is 2.43 bits per heavy atom. The van der Waals surface area contributed by atoms with Crippen LogP contribution in [0.15, 0.2) is 0 Å². The molecule has 0 saturated heterocycles. The fourth-order valence-corrected chi connectivity index (χ4v) is 1.49. The van der Waals surface area contributed by atoms with Crippen LogP contribution in [0.1, 0.15) is 40.0 Å². The number of aliphatic carboxylic acids is 1. The molecular weight excluding hydrogens is 180 g/mol. The van der Waals surface area contributed by atoms with Crippen LogP contribution in [0, 0.1) is 11.8 Å². The van der Waals surface area contributed by atoms with Crippen LogP contribution >= 0.6 is 0 Å². The van der Waals surface area contributed by atoms with Crippen molar-refractivity contribution in [1.82, 2.24) is 0 Å². The first kappa shape index (κ1) is 13.4. The normalized spacial score (nSPS) is 15.1. The molecule has 0 aromatic rings. The lowest BCUT2D eigenvalue weighted by atomic mass is 9.91. The third kappa shape index (κ3) is 5.22. The van der Waals surface area contributed by atoms with Gasteiger partial charge in [-0.25, -0.2) is 0 Å². The third-order valence-electron chi connectivity index (χ3n) is 2.33. The Morgan fingerprint density at radius 2 is 2.00 bits per heavy atom. The van der Waals surface area contributed by atoms with E-state index < -0.39 is 5.97 Å². The average molecular weight is 202 g/mol. The maximum Gasteiger partial charge on any atom is 0.306 e. The van der Waals surface area contributed by atoms with E-state index in [1.54, 1.807) is 0 Å². The van der Waals surface area contributed by atoms with Gasteiger partial charge in [0.25, 0.3) is 0 Å². The first-order valence-corrected chi connectivity index (χ1v) is 5.44. The van der Waals surface area contributed by atoms with Gasteiger partial charge in [-0.2, -0.15) is 0 Å². The van der Waals surface area contributed by atoms with Gasteiger partial charge in [0.2, 0.25) is 0 Å². The maximum absolute atomic E-state index is 10.9. The number of rotatable bonds is 8. The van der Waals surface area contributed by atoms with E-state index in [9.17, 15) is 4.79 Å². The van der Waals surface area contributed by atoms with Crippen molar-refractivity contribution in [2.75, 3.05) is 13.2 Å². The molecule has 0 aliphatic carbocycles. The molecule has 0 saturated carbocycles. The number of hydrogen-bond donors (Lipinski definition) is 1. The van der Waals surface area contributed by atoms with Gasteiger partial charge in [0.15, 0.2) is 0 Å². The summed E-state index contributed by atoms with van der Waals surface area (Å²) in [5.74, 6) is -0.838. The van der Waals surface area contributed by atoms with Gasteiger partial charge in [-0.15, -0.1) is 0 Å². The zero-order valence-electron chi connectivity index (χ0n) is 9.45. The van der Waals surface area contributed by atoms with Crippen molar-refractivity contribution in [3.63, 3.8) is 0 Å². The molecule has 84 valence electrons. The van der Waals surface area contributed by atoms with Gasteiger partial charge in [-0.1, -0.05) is 27.2 Å². The Morgan fingerprint density at radius 1 is 1.36 bits per heavy atom. The fraction of sp³-hybridized carbons (Fsp3) is 0.909. The summed E-state index contributed by atoms with van der Waals surface area (Å²) < 4.78 is 5.36. The van der Waals surface area contributed by atoms with Crippen LogP contribution in [0.3, 0.4) is 0 Å². The van der Waals surface area contributed by atoms with Gasteiger partial charge in [0, 0.05) is 13.2 Å². The number of ether oxygens (including phenoxy) is 1. The van der Waals surface area contributed by atoms with Crippen LogP contribution in [0.4, 0.5) is 0 Å². The van der Waals surface area contributed by atoms with Crippen LogP contribution < -0.4 is 0 Å². The lowest BCUT2D eigenvalue weighted by Crippen LogP contribution is -2.25. The monoisotopic (exact) mass is 202 g/mol. The summed E-state index contributed by atoms with van der Waals surface area (Å²) in [4.78, 5) is 10.9. The van der Waals surface area contributed by atoms with Crippen molar-refractivity contribution in [2.24, 2.45) is 11.8 Å². The quantitative estimate of drug-likeness (QED) is 0.615. The second-order valence-electron chi connectivity index (χ2n) is 3.79. The molecular formula is C11H22O3. The molecule has 1 N–H and O–H groups in total. The zero-order valence-corrected chi connectivity index (χ0v) is 9.45. The Balaban J connectivity index is 3.88. The predicted molar refractivity (Wildman–Crippen MR) is 56.3 cm³/mol. The van der Waals surface area contributed by atoms with Crippen molar-refractivity contribution >= 4 is 5.97 Å². The van der Waals surface area contributed by atoms with Gasteiger partial charge in [-0.3, -0.25) is 4.79 Å². The highest BCUT2D eigenvalue weighted by Gasteiger charge is 2.23. The average Bonchev–Trinajstić information content (AvgIpc) is 2.13. The summed E-state index contributed by atoms with van der Waals surface area (Å²) >= 11 is 0. The third-order valence-corrected chi connectivity index (χ3v) is 2.33. The van der Waals surface area contributed by atoms with E-state index in [1.165, 1.54) is 0 Å². The van der Waals surface area contributed by atoms with E-state index in [-0.39, 0.29) is 11.8 Å². The number of hydrogen-bond acceptors (Lipinski definition) is 2. The van der Waals surface area contributed by atoms with Crippen molar-refractivity contribution in [3.8, 4) is 0 Å². The minimum Gasteiger partial charge on any atom is -0.481 e. The number of carboxylic acid groups (broad SMARTS) is 1. The lowest BCUT2D eigenvalue weighted by Gasteiger charge is -2.19. The largest absolute Gasteiger partial charge is 0.481 e. The van der Waals surface area contributed by atoms with Crippen molar-refractivity contribution < 1.29 is 14.6 Å². The van der Waals surface area contributed by atoms with Gasteiger partial charge < -0.3 is 9.84 Å². The molecule has 2 unspecified atom stereocenters. The Kier molecular flexibility index (Phi) is 7.48. The van der Waals surface area contributed by atoms with Crippen molar-refractivity contribution in [2.45, 2.75) is 40.0 Å². The highest BCUT2D eigenvalue weighted by Crippen LogP contribution is 2.18. The summed E-state index contributed by atoms with van der Waals surface area (Å²) in [6.45, 7) is 7.29. The van der Waals surface area contributed by atoms with Crippen molar-refractivity contribution in [1.29, 1.82) is 0 Å². The Hall–Kier alpha value is -0.570. The Bertz CT molecular complexity index is 157. The van der Waals surface area contributed by atoms with Gasteiger partial charge in [0.1, 0.15) is 0 Å². The minimum absolute atomic E-state index is 0.110. The molecule has 3 nitrogen and oxygen atoms in total. The summed E-state index contributed by atoms with van der Waals surface area (Å²) in [6.07, 6.45) is 2.64. The lowest BCUT2D eigenvalue weighted by molar-refractivity contribution is -0.144. The molecule has 0 rings (SSSR count). The smallest absolute Gasteiger partial charge is 0.306 e. The molecule has 0 bridgehead atoms. The first-order valence-electron chi connectivity index (χ1n) is 5.44. The topological polar surface area (TPSA) is 46.5 Å². The van der Waals surface area contributed by atoms with E-state index in [0.717, 1.165) is 25.9 Å². The van der Waals surface area contributed by atoms with Crippen LogP contribution in [-0.2, 0) is 9.53 Å². The molecule has 0 aromatic heterocycles. The number of carboxylic acids is 1. The molecule has 0 radical (unpaired) electrons. The summed E-state index contributed by atoms with van der Waals surface area (Å²) in [5, 5.41) is 8.98. The summed E-state index contributed by atoms with van der Waals surface area (Å²) in [6, 6.07) is 0. The second kappa shape index (κ2) is 7.80.